The van der Waals surface area contributed by atoms with Crippen LogP contribution in [0.2, 0.25) is 0 Å². The molecule has 1 amide bonds. The summed E-state index contributed by atoms with van der Waals surface area (Å²) in [6.45, 7) is 8.29. The zero-order valence-corrected chi connectivity index (χ0v) is 20.7. The molecule has 1 N–H and O–H groups in total. The van der Waals surface area contributed by atoms with Gasteiger partial charge in [0.05, 0.1) is 21.5 Å². The first-order valence-corrected chi connectivity index (χ1v) is 12.2. The summed E-state index contributed by atoms with van der Waals surface area (Å²) in [5.41, 5.74) is 3.00. The van der Waals surface area contributed by atoms with E-state index in [2.05, 4.69) is 15.4 Å². The van der Waals surface area contributed by atoms with Gasteiger partial charge in [0, 0.05) is 18.4 Å². The molecule has 1 aliphatic heterocycles. The van der Waals surface area contributed by atoms with E-state index in [0.717, 1.165) is 12.1 Å². The van der Waals surface area contributed by atoms with Crippen LogP contribution in [0.3, 0.4) is 0 Å². The maximum atomic E-state index is 13.6. The Kier molecular flexibility index (Phi) is 5.86. The molecule has 0 spiro atoms. The number of amides is 1. The highest BCUT2D eigenvalue weighted by atomic mass is 32.1. The molecule has 4 aromatic rings. The molecule has 0 bridgehead atoms. The number of rotatable bonds is 5. The molecule has 35 heavy (non-hydrogen) atoms. The van der Waals surface area contributed by atoms with Crippen LogP contribution in [0.25, 0.3) is 6.08 Å². The minimum absolute atomic E-state index is 0.243. The Bertz CT molecular complexity index is 1650. The molecule has 0 aliphatic carbocycles. The Morgan fingerprint density at radius 2 is 1.97 bits per heavy atom. The quantitative estimate of drug-likeness (QED) is 0.467. The summed E-state index contributed by atoms with van der Waals surface area (Å²) < 4.78 is 9.79. The van der Waals surface area contributed by atoms with Crippen LogP contribution in [-0.4, -0.2) is 20.3 Å². The van der Waals surface area contributed by atoms with Crippen molar-refractivity contribution in [1.82, 2.24) is 14.3 Å². The number of aromatic nitrogens is 3. The highest BCUT2D eigenvalue weighted by molar-refractivity contribution is 7.07. The molecular weight excluding hydrogens is 462 g/mol. The van der Waals surface area contributed by atoms with Crippen LogP contribution in [0.15, 0.2) is 74.1 Å². The Hall–Kier alpha value is -3.98. The summed E-state index contributed by atoms with van der Waals surface area (Å²) in [7, 11) is 0. The normalized spacial score (nSPS) is 15.8. The molecule has 5 rings (SSSR count). The third kappa shape index (κ3) is 4.19. The van der Waals surface area contributed by atoms with Crippen molar-refractivity contribution in [3.63, 3.8) is 0 Å². The molecular formula is C26H25N5O3S. The molecule has 4 heterocycles. The fourth-order valence-electron chi connectivity index (χ4n) is 4.15. The first-order valence-electron chi connectivity index (χ1n) is 11.3. The summed E-state index contributed by atoms with van der Waals surface area (Å²) in [4.78, 5) is 32.4. The fourth-order valence-corrected chi connectivity index (χ4v) is 5.18. The lowest BCUT2D eigenvalue weighted by Gasteiger charge is -2.23. The number of nitrogens with one attached hydrogen (secondary N) is 1. The van der Waals surface area contributed by atoms with Crippen LogP contribution in [0.4, 0.5) is 5.69 Å². The predicted octanol–water partition coefficient (Wildman–Crippen LogP) is 3.30. The zero-order valence-electron chi connectivity index (χ0n) is 19.9. The van der Waals surface area contributed by atoms with Gasteiger partial charge in [0.15, 0.2) is 4.80 Å². The highest BCUT2D eigenvalue weighted by Gasteiger charge is 2.34. The number of allylic oxidation sites excluding steroid dienone is 1. The van der Waals surface area contributed by atoms with Gasteiger partial charge in [0.1, 0.15) is 17.6 Å². The average molecular weight is 488 g/mol. The average Bonchev–Trinajstić information content (AvgIpc) is 3.54. The van der Waals surface area contributed by atoms with E-state index in [9.17, 15) is 9.59 Å². The number of para-hydroxylation sites is 1. The standard InChI is InChI=1S/C26H25N5O3S/c1-5-30-13-12-18(29-30)14-21-25(33)31-23(20-11-10-16(3)34-20)22(17(4)27-26(31)35-21)24(32)28-19-9-7-6-8-15(19)2/h6-14,23H,5H2,1-4H3,(H,28,32)/b21-14+/t23-/m0/s1. The summed E-state index contributed by atoms with van der Waals surface area (Å²) >= 11 is 1.27. The number of hydrogen-bond donors (Lipinski definition) is 1. The maximum Gasteiger partial charge on any atom is 0.271 e. The van der Waals surface area contributed by atoms with Crippen LogP contribution < -0.4 is 20.2 Å². The molecule has 0 fully saturated rings. The number of aryl methyl sites for hydroxylation is 3. The summed E-state index contributed by atoms with van der Waals surface area (Å²) in [5, 5.41) is 7.45. The largest absolute Gasteiger partial charge is 0.464 e. The fraction of sp³-hybridized carbons (Fsp3) is 0.231. The smallest absolute Gasteiger partial charge is 0.271 e. The summed E-state index contributed by atoms with van der Waals surface area (Å²) in [6.07, 6.45) is 3.63. The van der Waals surface area contributed by atoms with Gasteiger partial charge in [-0.1, -0.05) is 29.5 Å². The molecule has 1 aliphatic rings. The lowest BCUT2D eigenvalue weighted by atomic mass is 10.00. The third-order valence-electron chi connectivity index (χ3n) is 5.95. The van der Waals surface area contributed by atoms with Gasteiger partial charge in [-0.3, -0.25) is 18.8 Å². The minimum Gasteiger partial charge on any atom is -0.464 e. The van der Waals surface area contributed by atoms with E-state index in [1.807, 2.05) is 63.4 Å². The summed E-state index contributed by atoms with van der Waals surface area (Å²) in [6, 6.07) is 12.3. The number of hydrogen-bond acceptors (Lipinski definition) is 6. The minimum atomic E-state index is -0.737. The van der Waals surface area contributed by atoms with Gasteiger partial charge in [0.25, 0.3) is 11.5 Å². The van der Waals surface area contributed by atoms with Crippen molar-refractivity contribution in [2.45, 2.75) is 40.3 Å². The van der Waals surface area contributed by atoms with Gasteiger partial charge in [-0.05, 0) is 63.6 Å². The van der Waals surface area contributed by atoms with Crippen molar-refractivity contribution < 1.29 is 9.21 Å². The summed E-state index contributed by atoms with van der Waals surface area (Å²) in [5.74, 6) is 0.880. The van der Waals surface area contributed by atoms with E-state index in [0.29, 0.717) is 43.5 Å². The molecule has 8 nitrogen and oxygen atoms in total. The van der Waals surface area contributed by atoms with Crippen LogP contribution >= 0.6 is 11.3 Å². The number of anilines is 1. The predicted molar refractivity (Wildman–Crippen MR) is 135 cm³/mol. The molecule has 3 aromatic heterocycles. The van der Waals surface area contributed by atoms with Crippen molar-refractivity contribution in [2.24, 2.45) is 4.99 Å². The topological polar surface area (TPSA) is 94.4 Å². The monoisotopic (exact) mass is 487 g/mol. The SMILES string of the molecule is CCn1ccc(/C=c2/sc3n(c2=O)[C@@H](c2ccc(C)o2)C(C(=O)Nc2ccccc2C)=C(C)N=3)n1. The molecule has 1 aromatic carbocycles. The first-order chi connectivity index (χ1) is 16.9. The van der Waals surface area contributed by atoms with Gasteiger partial charge >= 0.3 is 0 Å². The van der Waals surface area contributed by atoms with E-state index in [1.165, 1.54) is 11.3 Å². The Morgan fingerprint density at radius 1 is 1.17 bits per heavy atom. The van der Waals surface area contributed by atoms with Crippen molar-refractivity contribution in [2.75, 3.05) is 5.32 Å². The van der Waals surface area contributed by atoms with Gasteiger partial charge in [-0.25, -0.2) is 4.99 Å². The van der Waals surface area contributed by atoms with E-state index < -0.39 is 6.04 Å². The maximum absolute atomic E-state index is 13.6. The van der Waals surface area contributed by atoms with Crippen LogP contribution in [-0.2, 0) is 11.3 Å². The van der Waals surface area contributed by atoms with Crippen molar-refractivity contribution in [3.8, 4) is 0 Å². The van der Waals surface area contributed by atoms with Crippen LogP contribution in [0, 0.1) is 13.8 Å². The molecule has 0 saturated carbocycles. The van der Waals surface area contributed by atoms with Gasteiger partial charge in [-0.15, -0.1) is 0 Å². The lowest BCUT2D eigenvalue weighted by molar-refractivity contribution is -0.113. The molecule has 0 radical (unpaired) electrons. The van der Waals surface area contributed by atoms with Crippen LogP contribution in [0.5, 0.6) is 0 Å². The molecule has 178 valence electrons. The van der Waals surface area contributed by atoms with Gasteiger partial charge < -0.3 is 9.73 Å². The second kappa shape index (κ2) is 8.99. The lowest BCUT2D eigenvalue weighted by Crippen LogP contribution is -2.40. The number of thiazole rings is 1. The van der Waals surface area contributed by atoms with Crippen molar-refractivity contribution in [3.05, 3.63) is 102 Å². The van der Waals surface area contributed by atoms with E-state index in [1.54, 1.807) is 28.3 Å². The first kappa shape index (κ1) is 22.8. The van der Waals surface area contributed by atoms with Gasteiger partial charge in [-0.2, -0.15) is 5.10 Å². The highest BCUT2D eigenvalue weighted by Crippen LogP contribution is 2.32. The zero-order chi connectivity index (χ0) is 24.7. The Morgan fingerprint density at radius 3 is 2.66 bits per heavy atom. The molecule has 0 unspecified atom stereocenters. The third-order valence-corrected chi connectivity index (χ3v) is 6.94. The van der Waals surface area contributed by atoms with Gasteiger partial charge in [0.2, 0.25) is 0 Å². The number of carbonyl (C=O) groups is 1. The van der Waals surface area contributed by atoms with Crippen molar-refractivity contribution >= 4 is 29.0 Å². The van der Waals surface area contributed by atoms with E-state index in [4.69, 9.17) is 4.42 Å². The number of fused-ring (bicyclic) bond motifs is 1. The van der Waals surface area contributed by atoms with E-state index >= 15 is 0 Å². The van der Waals surface area contributed by atoms with Crippen molar-refractivity contribution in [1.29, 1.82) is 0 Å². The molecule has 0 saturated heterocycles. The second-order valence-corrected chi connectivity index (χ2v) is 9.40. The van der Waals surface area contributed by atoms with E-state index in [-0.39, 0.29) is 11.5 Å². The number of carbonyl (C=O) groups excluding carboxylic acids is 1. The number of benzene rings is 1. The Balaban J connectivity index is 1.65. The number of furan rings is 1. The second-order valence-electron chi connectivity index (χ2n) is 8.40. The molecule has 1 atom stereocenters. The number of nitrogens with zero attached hydrogens (tertiary/aromatic N) is 4. The Labute approximate surface area is 205 Å². The van der Waals surface area contributed by atoms with Crippen LogP contribution in [0.1, 0.15) is 42.7 Å². The molecule has 9 heteroatoms.